The molecule has 3 atom stereocenters. The molecule has 4 heteroatoms. The van der Waals surface area contributed by atoms with Crippen LogP contribution in [0, 0.1) is 5.92 Å². The van der Waals surface area contributed by atoms with Crippen molar-refractivity contribution in [1.82, 2.24) is 5.32 Å². The van der Waals surface area contributed by atoms with Gasteiger partial charge in [0.05, 0.1) is 0 Å². The summed E-state index contributed by atoms with van der Waals surface area (Å²) in [6, 6.07) is 0.565. The minimum atomic E-state index is -0.209. The maximum Gasteiger partial charge on any atom is 0.221 e. The largest absolute Gasteiger partial charge is 0.369 e. The van der Waals surface area contributed by atoms with Gasteiger partial charge >= 0.3 is 0 Å². The molecule has 0 aliphatic heterocycles. The normalized spacial score (nSPS) is 28.7. The van der Waals surface area contributed by atoms with Crippen molar-refractivity contribution in [3.05, 3.63) is 0 Å². The van der Waals surface area contributed by atoms with Gasteiger partial charge in [-0.05, 0) is 19.1 Å². The second kappa shape index (κ2) is 6.38. The molecule has 0 aromatic carbocycles. The van der Waals surface area contributed by atoms with Crippen molar-refractivity contribution in [3.63, 3.8) is 0 Å². The Hall–Kier alpha value is -0.220. The fourth-order valence-electron chi connectivity index (χ4n) is 2.04. The number of rotatable bonds is 5. The van der Waals surface area contributed by atoms with Gasteiger partial charge < -0.3 is 11.1 Å². The van der Waals surface area contributed by atoms with Crippen LogP contribution in [0.15, 0.2) is 0 Å². The number of carbonyl (C=O) groups is 1. The summed E-state index contributed by atoms with van der Waals surface area (Å²) in [6.07, 6.45) is 7.34. The molecule has 0 radical (unpaired) electrons. The molecule has 15 heavy (non-hydrogen) atoms. The Kier molecular flexibility index (Phi) is 5.47. The molecule has 1 rings (SSSR count). The van der Waals surface area contributed by atoms with Crippen molar-refractivity contribution in [3.8, 4) is 0 Å². The summed E-state index contributed by atoms with van der Waals surface area (Å²) in [7, 11) is 0. The Balaban J connectivity index is 2.32. The third kappa shape index (κ3) is 4.03. The molecule has 88 valence electrons. The zero-order chi connectivity index (χ0) is 11.3. The fraction of sp³-hybridized carbons (Fsp3) is 0.909. The van der Waals surface area contributed by atoms with Gasteiger partial charge in [0.15, 0.2) is 0 Å². The van der Waals surface area contributed by atoms with Crippen molar-refractivity contribution < 1.29 is 4.79 Å². The van der Waals surface area contributed by atoms with E-state index in [0.29, 0.717) is 11.3 Å². The first-order valence-electron chi connectivity index (χ1n) is 5.70. The van der Waals surface area contributed by atoms with E-state index in [1.54, 1.807) is 0 Å². The molecule has 0 heterocycles. The summed E-state index contributed by atoms with van der Waals surface area (Å²) < 4.78 is 0. The highest BCUT2D eigenvalue weighted by Gasteiger charge is 2.24. The number of hydrogen-bond acceptors (Lipinski definition) is 3. The van der Waals surface area contributed by atoms with Crippen LogP contribution < -0.4 is 11.1 Å². The molecule has 0 aromatic rings. The van der Waals surface area contributed by atoms with Gasteiger partial charge in [0, 0.05) is 23.8 Å². The van der Waals surface area contributed by atoms with E-state index in [1.165, 1.54) is 25.7 Å². The van der Waals surface area contributed by atoms with Gasteiger partial charge in [-0.15, -0.1) is 0 Å². The maximum atomic E-state index is 10.9. The summed E-state index contributed by atoms with van der Waals surface area (Å²) in [5.41, 5.74) is 5.23. The lowest BCUT2D eigenvalue weighted by molar-refractivity contribution is -0.121. The second-order valence-electron chi connectivity index (χ2n) is 4.38. The fourth-order valence-corrected chi connectivity index (χ4v) is 3.00. The lowest BCUT2D eigenvalue weighted by Gasteiger charge is -2.31. The Labute approximate surface area is 96.6 Å². The third-order valence-corrected chi connectivity index (χ3v) is 4.35. The number of hydrogen-bond donors (Lipinski definition) is 2. The predicted octanol–water partition coefficient (Wildman–Crippen LogP) is 1.37. The molecular formula is C11H22N2OS. The first-order chi connectivity index (χ1) is 7.15. The summed E-state index contributed by atoms with van der Waals surface area (Å²) in [4.78, 5) is 10.9. The highest BCUT2D eigenvalue weighted by atomic mass is 32.2. The maximum absolute atomic E-state index is 10.9. The van der Waals surface area contributed by atoms with Gasteiger partial charge in [-0.2, -0.15) is 11.8 Å². The van der Waals surface area contributed by atoms with Gasteiger partial charge in [0.25, 0.3) is 0 Å². The Morgan fingerprint density at radius 1 is 1.53 bits per heavy atom. The Morgan fingerprint density at radius 2 is 2.20 bits per heavy atom. The van der Waals surface area contributed by atoms with Crippen LogP contribution in [0.25, 0.3) is 0 Å². The summed E-state index contributed by atoms with van der Waals surface area (Å²) in [5, 5.41) is 4.19. The monoisotopic (exact) mass is 230 g/mol. The molecule has 3 N–H and O–H groups in total. The van der Waals surface area contributed by atoms with E-state index in [4.69, 9.17) is 5.73 Å². The van der Waals surface area contributed by atoms with Crippen LogP contribution >= 0.6 is 11.8 Å². The molecule has 1 aliphatic carbocycles. The van der Waals surface area contributed by atoms with Crippen molar-refractivity contribution in [1.29, 1.82) is 0 Å². The van der Waals surface area contributed by atoms with Gasteiger partial charge in [0.2, 0.25) is 5.91 Å². The quantitative estimate of drug-likeness (QED) is 0.750. The van der Waals surface area contributed by atoms with Crippen molar-refractivity contribution >= 4 is 17.7 Å². The van der Waals surface area contributed by atoms with Gasteiger partial charge in [-0.3, -0.25) is 4.79 Å². The minimum Gasteiger partial charge on any atom is -0.369 e. The molecule has 0 bridgehead atoms. The Bertz CT molecular complexity index is 211. The SMILES string of the molecule is CSC1CCCCC1NCC(C)C(N)=O. The summed E-state index contributed by atoms with van der Waals surface area (Å²) >= 11 is 1.94. The zero-order valence-electron chi connectivity index (χ0n) is 9.66. The van der Waals surface area contributed by atoms with E-state index in [-0.39, 0.29) is 11.8 Å². The smallest absolute Gasteiger partial charge is 0.221 e. The topological polar surface area (TPSA) is 55.1 Å². The number of carbonyl (C=O) groups excluding carboxylic acids is 1. The van der Waals surface area contributed by atoms with E-state index in [2.05, 4.69) is 11.6 Å². The molecule has 0 saturated heterocycles. The van der Waals surface area contributed by atoms with Crippen LogP contribution in [0.4, 0.5) is 0 Å². The highest BCUT2D eigenvalue weighted by Crippen LogP contribution is 2.27. The van der Waals surface area contributed by atoms with Crippen LogP contribution in [0.1, 0.15) is 32.6 Å². The van der Waals surface area contributed by atoms with Crippen LogP contribution in [-0.2, 0) is 4.79 Å². The van der Waals surface area contributed by atoms with E-state index in [9.17, 15) is 4.79 Å². The van der Waals surface area contributed by atoms with Gasteiger partial charge in [-0.25, -0.2) is 0 Å². The number of nitrogens with two attached hydrogens (primary N) is 1. The molecular weight excluding hydrogens is 208 g/mol. The van der Waals surface area contributed by atoms with E-state index < -0.39 is 0 Å². The number of amides is 1. The average Bonchev–Trinajstić information content (AvgIpc) is 2.26. The molecule has 1 fully saturated rings. The summed E-state index contributed by atoms with van der Waals surface area (Å²) in [5.74, 6) is -0.270. The summed E-state index contributed by atoms with van der Waals surface area (Å²) in [6.45, 7) is 2.60. The van der Waals surface area contributed by atoms with Gasteiger partial charge in [0.1, 0.15) is 0 Å². The number of thioether (sulfide) groups is 1. The van der Waals surface area contributed by atoms with Crippen molar-refractivity contribution in [2.75, 3.05) is 12.8 Å². The Morgan fingerprint density at radius 3 is 2.80 bits per heavy atom. The average molecular weight is 230 g/mol. The van der Waals surface area contributed by atoms with Crippen LogP contribution in [0.5, 0.6) is 0 Å². The zero-order valence-corrected chi connectivity index (χ0v) is 10.5. The standard InChI is InChI=1S/C11H22N2OS/c1-8(11(12)14)7-13-9-5-3-4-6-10(9)15-2/h8-10,13H,3-7H2,1-2H3,(H2,12,14). The molecule has 0 aromatic heterocycles. The number of nitrogens with one attached hydrogen (secondary N) is 1. The van der Waals surface area contributed by atoms with Crippen LogP contribution in [-0.4, -0.2) is 30.0 Å². The number of primary amides is 1. The van der Waals surface area contributed by atoms with Crippen LogP contribution in [0.3, 0.4) is 0 Å². The highest BCUT2D eigenvalue weighted by molar-refractivity contribution is 7.99. The van der Waals surface area contributed by atoms with Crippen molar-refractivity contribution in [2.45, 2.75) is 43.9 Å². The van der Waals surface area contributed by atoms with Crippen molar-refractivity contribution in [2.24, 2.45) is 11.7 Å². The molecule has 0 spiro atoms. The van der Waals surface area contributed by atoms with Gasteiger partial charge in [-0.1, -0.05) is 19.8 Å². The molecule has 3 nitrogen and oxygen atoms in total. The molecule has 1 saturated carbocycles. The lowest BCUT2D eigenvalue weighted by Crippen LogP contribution is -2.44. The first kappa shape index (κ1) is 12.8. The predicted molar refractivity (Wildman–Crippen MR) is 65.9 cm³/mol. The molecule has 1 aliphatic rings. The third-order valence-electron chi connectivity index (χ3n) is 3.18. The lowest BCUT2D eigenvalue weighted by atomic mass is 9.94. The first-order valence-corrected chi connectivity index (χ1v) is 6.99. The molecule has 1 amide bonds. The van der Waals surface area contributed by atoms with E-state index >= 15 is 0 Å². The molecule has 3 unspecified atom stereocenters. The second-order valence-corrected chi connectivity index (χ2v) is 5.45. The minimum absolute atomic E-state index is 0.0607. The van der Waals surface area contributed by atoms with Crippen LogP contribution in [0.2, 0.25) is 0 Å². The van der Waals surface area contributed by atoms with E-state index in [0.717, 1.165) is 6.54 Å². The van der Waals surface area contributed by atoms with E-state index in [1.807, 2.05) is 18.7 Å².